The third-order valence-corrected chi connectivity index (χ3v) is 16.5. The Hall–Kier alpha value is -0.260. The molecule has 4 fully saturated rings. The van der Waals surface area contributed by atoms with Crippen LogP contribution in [0.4, 0.5) is 0 Å². The summed E-state index contributed by atoms with van der Waals surface area (Å²) >= 11 is 0. The minimum Gasteiger partial charge on any atom is -0.0998 e. The van der Waals surface area contributed by atoms with E-state index in [1.165, 1.54) is 50.5 Å². The molecular weight excluding hydrogens is 468 g/mol. The third kappa shape index (κ3) is 4.23. The van der Waals surface area contributed by atoms with Crippen LogP contribution in [0, 0.1) is 92.7 Å². The molecule has 15 unspecified atom stereocenters. The molecule has 0 radical (unpaired) electrons. The van der Waals surface area contributed by atoms with E-state index in [4.69, 9.17) is 0 Å². The van der Waals surface area contributed by atoms with Crippen molar-refractivity contribution in [1.82, 2.24) is 0 Å². The lowest BCUT2D eigenvalue weighted by Crippen LogP contribution is -2.71. The minimum atomic E-state index is 0.351. The molecule has 4 aliphatic carbocycles. The van der Waals surface area contributed by atoms with Crippen LogP contribution in [-0.4, -0.2) is 0 Å². The van der Waals surface area contributed by atoms with E-state index in [9.17, 15) is 0 Å². The van der Waals surface area contributed by atoms with Gasteiger partial charge in [0, 0.05) is 0 Å². The van der Waals surface area contributed by atoms with Gasteiger partial charge in [-0.2, -0.15) is 0 Å². The number of rotatable bonds is 6. The van der Waals surface area contributed by atoms with Crippen molar-refractivity contribution in [3.8, 4) is 0 Å². The summed E-state index contributed by atoms with van der Waals surface area (Å²) in [5.41, 5.74) is 3.07. The second-order valence-corrected chi connectivity index (χ2v) is 17.8. The fourth-order valence-corrected chi connectivity index (χ4v) is 14.3. The van der Waals surface area contributed by atoms with Crippen LogP contribution in [-0.2, 0) is 0 Å². The van der Waals surface area contributed by atoms with Crippen LogP contribution in [0.25, 0.3) is 0 Å². The quantitative estimate of drug-likeness (QED) is 0.233. The molecule has 4 rings (SSSR count). The zero-order chi connectivity index (χ0) is 29.5. The molecule has 0 aromatic carbocycles. The Balaban J connectivity index is 1.75. The van der Waals surface area contributed by atoms with Gasteiger partial charge in [0.05, 0.1) is 0 Å². The maximum absolute atomic E-state index is 4.56. The molecule has 0 N–H and O–H groups in total. The number of allylic oxidation sites excluding steroid dienone is 1. The Morgan fingerprint density at radius 3 is 2.03 bits per heavy atom. The van der Waals surface area contributed by atoms with Gasteiger partial charge in [-0.15, -0.1) is 0 Å². The highest BCUT2D eigenvalue weighted by Gasteiger charge is 2.72. The SMILES string of the molecule is C=C(C)C1C(C)CC2(C)C(C)C3(C)C(C)C4CCC(C(C)(C)CCCCC)C(C)C4C(C)C3C(C)C2(C)C1C. The van der Waals surface area contributed by atoms with Crippen LogP contribution >= 0.6 is 0 Å². The van der Waals surface area contributed by atoms with E-state index in [1.54, 1.807) is 0 Å². The van der Waals surface area contributed by atoms with E-state index in [0.29, 0.717) is 33.5 Å². The van der Waals surface area contributed by atoms with Crippen molar-refractivity contribution in [1.29, 1.82) is 0 Å². The predicted molar refractivity (Wildman–Crippen MR) is 173 cm³/mol. The summed E-state index contributed by atoms with van der Waals surface area (Å²) in [5, 5.41) is 0. The molecule has 39 heavy (non-hydrogen) atoms. The van der Waals surface area contributed by atoms with Crippen molar-refractivity contribution in [2.75, 3.05) is 0 Å². The Morgan fingerprint density at radius 1 is 0.846 bits per heavy atom. The van der Waals surface area contributed by atoms with E-state index in [0.717, 1.165) is 59.2 Å². The molecule has 0 saturated heterocycles. The molecule has 0 spiro atoms. The summed E-state index contributed by atoms with van der Waals surface area (Å²) in [5.74, 6) is 9.56. The van der Waals surface area contributed by atoms with Gasteiger partial charge in [0.2, 0.25) is 0 Å². The van der Waals surface area contributed by atoms with Gasteiger partial charge in [0.15, 0.2) is 0 Å². The molecule has 0 aromatic rings. The highest BCUT2D eigenvalue weighted by molar-refractivity contribution is 5.22. The zero-order valence-corrected chi connectivity index (χ0v) is 29.1. The lowest BCUT2D eigenvalue weighted by molar-refractivity contribution is -0.288. The first-order valence-corrected chi connectivity index (χ1v) is 17.6. The molecule has 0 aromatic heterocycles. The van der Waals surface area contributed by atoms with Crippen LogP contribution in [0.3, 0.4) is 0 Å². The van der Waals surface area contributed by atoms with Gasteiger partial charge in [-0.3, -0.25) is 0 Å². The van der Waals surface area contributed by atoms with Gasteiger partial charge in [0.25, 0.3) is 0 Å². The standard InChI is InChI=1S/C39H70/c1-16-17-18-21-36(11,12)32-20-19-31-27(7)38(14)30(10)37(13)22-24(4)33(23(2)3)28(8)39(37,15)29(9)35(38)26(6)34(31)25(32)5/h24-35H,2,16-22H2,1,3-15H3. The van der Waals surface area contributed by atoms with Gasteiger partial charge < -0.3 is 0 Å². The van der Waals surface area contributed by atoms with E-state index < -0.39 is 0 Å². The average Bonchev–Trinajstić information content (AvgIpc) is 2.84. The van der Waals surface area contributed by atoms with Gasteiger partial charge in [-0.05, 0) is 125 Å². The summed E-state index contributed by atoms with van der Waals surface area (Å²) < 4.78 is 0. The monoisotopic (exact) mass is 539 g/mol. The van der Waals surface area contributed by atoms with Crippen molar-refractivity contribution in [2.24, 2.45) is 92.7 Å². The zero-order valence-electron chi connectivity index (χ0n) is 29.1. The van der Waals surface area contributed by atoms with Crippen LogP contribution < -0.4 is 0 Å². The Morgan fingerprint density at radius 2 is 1.46 bits per heavy atom. The van der Waals surface area contributed by atoms with E-state index in [1.807, 2.05) is 0 Å². The molecular formula is C39H70. The largest absolute Gasteiger partial charge is 0.0998 e. The first kappa shape index (κ1) is 31.7. The second kappa shape index (κ2) is 10.5. The minimum absolute atomic E-state index is 0.351. The topological polar surface area (TPSA) is 0 Å². The van der Waals surface area contributed by atoms with E-state index in [2.05, 4.69) is 104 Å². The second-order valence-electron chi connectivity index (χ2n) is 17.8. The van der Waals surface area contributed by atoms with Crippen molar-refractivity contribution >= 4 is 0 Å². The first-order chi connectivity index (χ1) is 17.9. The molecule has 15 atom stereocenters. The summed E-state index contributed by atoms with van der Waals surface area (Å²) in [6, 6.07) is 0. The van der Waals surface area contributed by atoms with Crippen molar-refractivity contribution in [2.45, 2.75) is 142 Å². The molecule has 0 amide bonds. The Bertz CT molecular complexity index is 896. The number of hydrogen-bond donors (Lipinski definition) is 0. The summed E-state index contributed by atoms with van der Waals surface area (Å²) in [4.78, 5) is 0. The summed E-state index contributed by atoms with van der Waals surface area (Å²) in [6.45, 7) is 41.7. The Kier molecular flexibility index (Phi) is 8.51. The fourth-order valence-electron chi connectivity index (χ4n) is 14.3. The lowest BCUT2D eigenvalue weighted by Gasteiger charge is -2.77. The summed E-state index contributed by atoms with van der Waals surface area (Å²) in [6.07, 6.45) is 9.89. The van der Waals surface area contributed by atoms with Gasteiger partial charge in [-0.1, -0.05) is 121 Å². The Labute approximate surface area is 246 Å². The maximum atomic E-state index is 4.56. The molecule has 4 aliphatic rings. The normalized spacial score (nSPS) is 53.9. The van der Waals surface area contributed by atoms with Crippen LogP contribution in [0.15, 0.2) is 12.2 Å². The van der Waals surface area contributed by atoms with E-state index in [-0.39, 0.29) is 0 Å². The molecule has 0 heterocycles. The first-order valence-electron chi connectivity index (χ1n) is 17.6. The number of hydrogen-bond acceptors (Lipinski definition) is 0. The molecule has 0 heteroatoms. The van der Waals surface area contributed by atoms with Crippen molar-refractivity contribution in [3.05, 3.63) is 12.2 Å². The molecule has 226 valence electrons. The average molecular weight is 539 g/mol. The lowest BCUT2D eigenvalue weighted by atomic mass is 9.28. The van der Waals surface area contributed by atoms with E-state index >= 15 is 0 Å². The van der Waals surface area contributed by atoms with Crippen molar-refractivity contribution < 1.29 is 0 Å². The maximum Gasteiger partial charge on any atom is -0.0152 e. The number of unbranched alkanes of at least 4 members (excludes halogenated alkanes) is 2. The van der Waals surface area contributed by atoms with Crippen LogP contribution in [0.5, 0.6) is 0 Å². The van der Waals surface area contributed by atoms with Gasteiger partial charge >= 0.3 is 0 Å². The molecule has 4 saturated carbocycles. The van der Waals surface area contributed by atoms with Crippen LogP contribution in [0.2, 0.25) is 0 Å². The van der Waals surface area contributed by atoms with Gasteiger partial charge in [0.1, 0.15) is 0 Å². The predicted octanol–water partition coefficient (Wildman–Crippen LogP) is 11.9. The molecule has 0 nitrogen and oxygen atoms in total. The fraction of sp³-hybridized carbons (Fsp3) is 0.949. The third-order valence-electron chi connectivity index (χ3n) is 16.5. The highest BCUT2D eigenvalue weighted by atomic mass is 14.8. The smallest absolute Gasteiger partial charge is 0.0152 e. The van der Waals surface area contributed by atoms with Crippen LogP contribution in [0.1, 0.15) is 142 Å². The number of fused-ring (bicyclic) bond motifs is 3. The summed E-state index contributed by atoms with van der Waals surface area (Å²) in [7, 11) is 0. The van der Waals surface area contributed by atoms with Gasteiger partial charge in [-0.25, -0.2) is 0 Å². The van der Waals surface area contributed by atoms with Crippen molar-refractivity contribution in [3.63, 3.8) is 0 Å². The molecule has 0 bridgehead atoms. The highest BCUT2D eigenvalue weighted by Crippen LogP contribution is 2.78. The molecule has 0 aliphatic heterocycles.